The van der Waals surface area contributed by atoms with Crippen LogP contribution in [0.2, 0.25) is 0 Å². The van der Waals surface area contributed by atoms with Crippen LogP contribution in [0.3, 0.4) is 0 Å². The highest BCUT2D eigenvalue weighted by Crippen LogP contribution is 2.19. The first-order chi connectivity index (χ1) is 7.82. The first-order valence-corrected chi connectivity index (χ1v) is 5.56. The third-order valence-electron chi connectivity index (χ3n) is 2.29. The molecule has 0 aliphatic heterocycles. The predicted molar refractivity (Wildman–Crippen MR) is 67.8 cm³/mol. The van der Waals surface area contributed by atoms with Crippen molar-refractivity contribution in [1.82, 2.24) is 4.90 Å². The number of Topliss-reactive ketones (excluding diaryl/α,β-unsaturated/α-hetero) is 1. The third kappa shape index (κ3) is 3.30. The molecule has 17 heavy (non-hydrogen) atoms. The molecule has 0 aliphatic rings. The molecule has 1 aromatic rings. The maximum absolute atomic E-state index is 13.4. The summed E-state index contributed by atoms with van der Waals surface area (Å²) in [6.45, 7) is 3.26. The molecule has 0 heterocycles. The lowest BCUT2D eigenvalue weighted by atomic mass is 10.0. The Bertz CT molecular complexity index is 457. The van der Waals surface area contributed by atoms with E-state index in [4.69, 9.17) is 11.6 Å². The van der Waals surface area contributed by atoms with Crippen molar-refractivity contribution in [3.05, 3.63) is 45.9 Å². The zero-order chi connectivity index (χ0) is 13.2. The van der Waals surface area contributed by atoms with Crippen molar-refractivity contribution in [2.75, 3.05) is 14.1 Å². The van der Waals surface area contributed by atoms with Crippen molar-refractivity contribution in [3.8, 4) is 0 Å². The highest BCUT2D eigenvalue weighted by Gasteiger charge is 2.13. The van der Waals surface area contributed by atoms with Gasteiger partial charge in [-0.1, -0.05) is 11.6 Å². The lowest BCUT2D eigenvalue weighted by Crippen LogP contribution is -2.07. The molecule has 1 rings (SSSR count). The highest BCUT2D eigenvalue weighted by molar-refractivity contribution is 6.45. The Labute approximate surface area is 106 Å². The summed E-state index contributed by atoms with van der Waals surface area (Å²) in [7, 11) is 3.55. The number of hydrogen-bond donors (Lipinski definition) is 0. The van der Waals surface area contributed by atoms with Crippen LogP contribution in [0.4, 0.5) is 4.39 Å². The quantitative estimate of drug-likeness (QED) is 0.610. The van der Waals surface area contributed by atoms with Gasteiger partial charge in [0, 0.05) is 25.9 Å². The third-order valence-corrected chi connectivity index (χ3v) is 2.56. The minimum Gasteiger partial charge on any atom is -0.382 e. The van der Waals surface area contributed by atoms with Crippen LogP contribution >= 0.6 is 11.6 Å². The molecule has 1 aromatic carbocycles. The molecule has 0 fully saturated rings. The van der Waals surface area contributed by atoms with E-state index >= 15 is 0 Å². The average molecular weight is 256 g/mol. The molecule has 0 saturated heterocycles. The van der Waals surface area contributed by atoms with Crippen molar-refractivity contribution in [3.63, 3.8) is 0 Å². The molecule has 0 saturated carbocycles. The van der Waals surface area contributed by atoms with Gasteiger partial charge in [0.05, 0.1) is 0 Å². The molecule has 0 bridgehead atoms. The highest BCUT2D eigenvalue weighted by atomic mass is 35.5. The average Bonchev–Trinajstić information content (AvgIpc) is 2.23. The molecular weight excluding hydrogens is 241 g/mol. The number of halogens is 2. The van der Waals surface area contributed by atoms with Crippen LogP contribution in [0.1, 0.15) is 21.5 Å². The Morgan fingerprint density at radius 1 is 1.29 bits per heavy atom. The minimum absolute atomic E-state index is 0.111. The van der Waals surface area contributed by atoms with E-state index < -0.39 is 0 Å². The van der Waals surface area contributed by atoms with Crippen molar-refractivity contribution >= 4 is 17.4 Å². The van der Waals surface area contributed by atoms with Gasteiger partial charge in [-0.2, -0.15) is 0 Å². The Kier molecular flexibility index (Phi) is 4.29. The van der Waals surface area contributed by atoms with E-state index in [0.717, 1.165) is 0 Å². The van der Waals surface area contributed by atoms with Gasteiger partial charge < -0.3 is 4.90 Å². The number of carbonyl (C=O) groups excluding carboxylic acids is 1. The van der Waals surface area contributed by atoms with Crippen LogP contribution < -0.4 is 0 Å². The summed E-state index contributed by atoms with van der Waals surface area (Å²) in [5.74, 6) is -0.583. The molecule has 0 unspecified atom stereocenters. The van der Waals surface area contributed by atoms with Crippen molar-refractivity contribution in [1.29, 1.82) is 0 Å². The van der Waals surface area contributed by atoms with Crippen LogP contribution in [0, 0.1) is 19.7 Å². The van der Waals surface area contributed by atoms with Crippen molar-refractivity contribution in [2.24, 2.45) is 0 Å². The minimum atomic E-state index is -0.299. The first-order valence-electron chi connectivity index (χ1n) is 5.18. The van der Waals surface area contributed by atoms with Crippen LogP contribution in [-0.2, 0) is 0 Å². The maximum atomic E-state index is 13.4. The maximum Gasteiger partial charge on any atom is 0.205 e. The molecule has 0 amide bonds. The summed E-state index contributed by atoms with van der Waals surface area (Å²) in [6.07, 6.45) is 1.53. The van der Waals surface area contributed by atoms with Gasteiger partial charge >= 0.3 is 0 Å². The molecule has 0 N–H and O–H groups in total. The topological polar surface area (TPSA) is 20.3 Å². The van der Waals surface area contributed by atoms with E-state index in [1.54, 1.807) is 32.8 Å². The van der Waals surface area contributed by atoms with Crippen molar-refractivity contribution < 1.29 is 9.18 Å². The van der Waals surface area contributed by atoms with Gasteiger partial charge in [0.25, 0.3) is 0 Å². The summed E-state index contributed by atoms with van der Waals surface area (Å²) in [5.41, 5.74) is 1.30. The molecule has 4 heteroatoms. The SMILES string of the molecule is Cc1cc(C(=O)/C(Cl)=C/N(C)C)cc(C)c1F. The summed E-state index contributed by atoms with van der Waals surface area (Å²) < 4.78 is 13.4. The van der Waals surface area contributed by atoms with E-state index in [0.29, 0.717) is 16.7 Å². The number of aryl methyl sites for hydroxylation is 2. The Morgan fingerprint density at radius 3 is 2.18 bits per heavy atom. The number of ketones is 1. The largest absolute Gasteiger partial charge is 0.382 e. The van der Waals surface area contributed by atoms with E-state index in [-0.39, 0.29) is 16.6 Å². The smallest absolute Gasteiger partial charge is 0.205 e. The molecule has 0 aromatic heterocycles. The van der Waals surface area contributed by atoms with Gasteiger partial charge in [-0.3, -0.25) is 4.79 Å². The molecule has 0 radical (unpaired) electrons. The Hall–Kier alpha value is -1.35. The molecule has 92 valence electrons. The predicted octanol–water partition coefficient (Wildman–Crippen LogP) is 3.27. The fourth-order valence-corrected chi connectivity index (χ4v) is 1.80. The van der Waals surface area contributed by atoms with Crippen LogP contribution in [-0.4, -0.2) is 24.8 Å². The van der Waals surface area contributed by atoms with Gasteiger partial charge in [-0.25, -0.2) is 4.39 Å². The van der Waals surface area contributed by atoms with Gasteiger partial charge in [0.15, 0.2) is 0 Å². The number of hydrogen-bond acceptors (Lipinski definition) is 2. The fourth-order valence-electron chi connectivity index (χ4n) is 1.50. The second-order valence-electron chi connectivity index (χ2n) is 4.19. The number of rotatable bonds is 3. The normalized spacial score (nSPS) is 11.5. The van der Waals surface area contributed by atoms with Crippen molar-refractivity contribution in [2.45, 2.75) is 13.8 Å². The van der Waals surface area contributed by atoms with Gasteiger partial charge in [-0.15, -0.1) is 0 Å². The standard InChI is InChI=1S/C13H15ClFNO/c1-8-5-10(6-9(2)12(8)15)13(17)11(14)7-16(3)4/h5-7H,1-4H3/b11-7-. The second-order valence-corrected chi connectivity index (χ2v) is 4.60. The Balaban J connectivity index is 3.14. The summed E-state index contributed by atoms with van der Waals surface area (Å²) in [4.78, 5) is 13.6. The van der Waals surface area contributed by atoms with Gasteiger partial charge in [-0.05, 0) is 37.1 Å². The number of carbonyl (C=O) groups is 1. The van der Waals surface area contributed by atoms with Crippen LogP contribution in [0.5, 0.6) is 0 Å². The van der Waals surface area contributed by atoms with Crippen LogP contribution in [0.15, 0.2) is 23.4 Å². The van der Waals surface area contributed by atoms with Gasteiger partial charge in [0.1, 0.15) is 10.8 Å². The zero-order valence-electron chi connectivity index (χ0n) is 10.3. The van der Waals surface area contributed by atoms with E-state index in [9.17, 15) is 9.18 Å². The summed E-state index contributed by atoms with van der Waals surface area (Å²) in [5, 5.41) is 0.111. The lowest BCUT2D eigenvalue weighted by molar-refractivity contribution is 0.104. The molecule has 0 atom stereocenters. The zero-order valence-corrected chi connectivity index (χ0v) is 11.1. The Morgan fingerprint density at radius 2 is 1.76 bits per heavy atom. The van der Waals surface area contributed by atoms with E-state index in [2.05, 4.69) is 0 Å². The number of benzene rings is 1. The van der Waals surface area contributed by atoms with Crippen LogP contribution in [0.25, 0.3) is 0 Å². The van der Waals surface area contributed by atoms with E-state index in [1.807, 2.05) is 0 Å². The first kappa shape index (κ1) is 13.7. The lowest BCUT2D eigenvalue weighted by Gasteiger charge is -2.08. The second kappa shape index (κ2) is 5.32. The number of nitrogens with zero attached hydrogens (tertiary/aromatic N) is 1. The summed E-state index contributed by atoms with van der Waals surface area (Å²) >= 11 is 5.88. The molecule has 2 nitrogen and oxygen atoms in total. The monoisotopic (exact) mass is 255 g/mol. The fraction of sp³-hybridized carbons (Fsp3) is 0.308. The molecule has 0 aliphatic carbocycles. The summed E-state index contributed by atoms with van der Waals surface area (Å²) in [6, 6.07) is 3.02. The number of allylic oxidation sites excluding steroid dienone is 1. The van der Waals surface area contributed by atoms with E-state index in [1.165, 1.54) is 18.3 Å². The molecule has 0 spiro atoms. The van der Waals surface area contributed by atoms with Gasteiger partial charge in [0.2, 0.25) is 5.78 Å². The molecular formula is C13H15ClFNO.